The van der Waals surface area contributed by atoms with Gasteiger partial charge >= 0.3 is 0 Å². The van der Waals surface area contributed by atoms with Crippen LogP contribution in [0, 0.1) is 13.8 Å². The van der Waals surface area contributed by atoms with E-state index in [0.29, 0.717) is 0 Å². The van der Waals surface area contributed by atoms with Crippen molar-refractivity contribution in [3.63, 3.8) is 0 Å². The molecule has 0 aromatic heterocycles. The quantitative estimate of drug-likeness (QED) is 0.402. The summed E-state index contributed by atoms with van der Waals surface area (Å²) in [7, 11) is -1.17. The van der Waals surface area contributed by atoms with E-state index in [9.17, 15) is 0 Å². The van der Waals surface area contributed by atoms with E-state index >= 15 is 0 Å². The predicted octanol–water partition coefficient (Wildman–Crippen LogP) is 9.89. The molecular formula is C31H49O2P. The number of rotatable bonds is 4. The summed E-state index contributed by atoms with van der Waals surface area (Å²) in [5.74, 6) is 1.94. The zero-order valence-electron chi connectivity index (χ0n) is 24.6. The highest BCUT2D eigenvalue weighted by Crippen LogP contribution is 2.48. The van der Waals surface area contributed by atoms with E-state index in [2.05, 4.69) is 128 Å². The smallest absolute Gasteiger partial charge is 0.287 e. The lowest BCUT2D eigenvalue weighted by atomic mass is 9.79. The lowest BCUT2D eigenvalue weighted by Crippen LogP contribution is -2.19. The maximum Gasteiger partial charge on any atom is 0.287 e. The fourth-order valence-electron chi connectivity index (χ4n) is 4.05. The fourth-order valence-corrected chi connectivity index (χ4v) is 5.08. The summed E-state index contributed by atoms with van der Waals surface area (Å²) in [4.78, 5) is 0. The molecule has 0 aliphatic heterocycles. The maximum absolute atomic E-state index is 6.64. The van der Waals surface area contributed by atoms with E-state index in [4.69, 9.17) is 9.05 Å². The minimum Gasteiger partial charge on any atom is -0.438 e. The third-order valence-corrected chi connectivity index (χ3v) is 7.22. The van der Waals surface area contributed by atoms with Crippen LogP contribution < -0.4 is 9.05 Å². The second-order valence-electron chi connectivity index (χ2n) is 14.0. The van der Waals surface area contributed by atoms with Crippen LogP contribution in [0.15, 0.2) is 24.3 Å². The van der Waals surface area contributed by atoms with Gasteiger partial charge in [0.05, 0.1) is 0 Å². The molecule has 190 valence electrons. The Kier molecular flexibility index (Phi) is 8.02. The van der Waals surface area contributed by atoms with Crippen molar-refractivity contribution in [3.05, 3.63) is 57.6 Å². The van der Waals surface area contributed by atoms with Crippen LogP contribution in [-0.4, -0.2) is 6.66 Å². The molecule has 0 radical (unpaired) electrons. The molecule has 2 aromatic rings. The number of hydrogen-bond acceptors (Lipinski definition) is 2. The summed E-state index contributed by atoms with van der Waals surface area (Å²) in [5.41, 5.74) is 7.62. The Labute approximate surface area is 211 Å². The average Bonchev–Trinajstić information content (AvgIpc) is 2.60. The summed E-state index contributed by atoms with van der Waals surface area (Å²) in [6, 6.07) is 9.21. The van der Waals surface area contributed by atoms with Crippen LogP contribution in [0.3, 0.4) is 0 Å². The summed E-state index contributed by atoms with van der Waals surface area (Å²) < 4.78 is 13.3. The highest BCUT2D eigenvalue weighted by Gasteiger charge is 2.29. The molecule has 0 amide bonds. The Balaban J connectivity index is 2.52. The predicted molar refractivity (Wildman–Crippen MR) is 151 cm³/mol. The molecule has 0 saturated carbocycles. The van der Waals surface area contributed by atoms with Crippen molar-refractivity contribution >= 4 is 8.38 Å². The zero-order valence-corrected chi connectivity index (χ0v) is 25.5. The summed E-state index contributed by atoms with van der Waals surface area (Å²) in [6.45, 7) is 33.5. The van der Waals surface area contributed by atoms with Gasteiger partial charge in [-0.25, -0.2) is 0 Å². The molecule has 0 aliphatic rings. The number of aryl methyl sites for hydroxylation is 2. The van der Waals surface area contributed by atoms with Crippen molar-refractivity contribution in [2.24, 2.45) is 0 Å². The van der Waals surface area contributed by atoms with Crippen LogP contribution in [0.5, 0.6) is 11.5 Å². The van der Waals surface area contributed by atoms with E-state index < -0.39 is 8.38 Å². The fraction of sp³-hybridized carbons (Fsp3) is 0.613. The molecule has 0 N–H and O–H groups in total. The standard InChI is InChI=1S/C31H49O2P/c1-20-16-22(28(3,4)5)18-24(30(9,10)11)26(20)32-34(15)33-27-21(2)17-23(29(6,7)8)19-25(27)31(12,13)14/h16-19H,1-15H3. The van der Waals surface area contributed by atoms with Crippen molar-refractivity contribution in [3.8, 4) is 11.5 Å². The van der Waals surface area contributed by atoms with Crippen LogP contribution in [0.25, 0.3) is 0 Å². The van der Waals surface area contributed by atoms with Crippen LogP contribution in [0.1, 0.15) is 116 Å². The normalized spacial score (nSPS) is 13.4. The van der Waals surface area contributed by atoms with Gasteiger partial charge in [0.2, 0.25) is 0 Å². The Morgan fingerprint density at radius 1 is 0.500 bits per heavy atom. The molecule has 0 saturated heterocycles. The molecular weight excluding hydrogens is 435 g/mol. The average molecular weight is 485 g/mol. The molecule has 0 atom stereocenters. The Hall–Kier alpha value is -1.53. The summed E-state index contributed by atoms with van der Waals surface area (Å²) >= 11 is 0. The first-order valence-corrected chi connectivity index (χ1v) is 14.2. The van der Waals surface area contributed by atoms with Gasteiger partial charge in [-0.3, -0.25) is 0 Å². The first kappa shape index (κ1) is 28.7. The Morgan fingerprint density at radius 3 is 1.03 bits per heavy atom. The Bertz CT molecular complexity index is 938. The van der Waals surface area contributed by atoms with Crippen LogP contribution in [0.4, 0.5) is 0 Å². The van der Waals surface area contributed by atoms with Crippen molar-refractivity contribution in [1.29, 1.82) is 0 Å². The minimum absolute atomic E-state index is 0.0294. The van der Waals surface area contributed by atoms with E-state index in [-0.39, 0.29) is 21.7 Å². The molecule has 3 heteroatoms. The largest absolute Gasteiger partial charge is 0.438 e. The van der Waals surface area contributed by atoms with Gasteiger partial charge in [-0.05, 0) is 57.8 Å². The van der Waals surface area contributed by atoms with Gasteiger partial charge in [0.15, 0.2) is 0 Å². The molecule has 0 heterocycles. The molecule has 2 nitrogen and oxygen atoms in total. The zero-order chi connectivity index (χ0) is 26.4. The lowest BCUT2D eigenvalue weighted by molar-refractivity contribution is 0.459. The molecule has 2 aromatic carbocycles. The molecule has 0 spiro atoms. The number of hydrogen-bond donors (Lipinski definition) is 0. The molecule has 0 bridgehead atoms. The van der Waals surface area contributed by atoms with Crippen molar-refractivity contribution in [2.75, 3.05) is 6.66 Å². The van der Waals surface area contributed by atoms with E-state index in [1.165, 1.54) is 33.4 Å². The molecule has 0 aliphatic carbocycles. The van der Waals surface area contributed by atoms with E-state index in [1.54, 1.807) is 0 Å². The van der Waals surface area contributed by atoms with Crippen molar-refractivity contribution in [2.45, 2.75) is 119 Å². The summed E-state index contributed by atoms with van der Waals surface area (Å²) in [6.07, 6.45) is 0. The topological polar surface area (TPSA) is 18.5 Å². The van der Waals surface area contributed by atoms with Crippen LogP contribution >= 0.6 is 8.38 Å². The van der Waals surface area contributed by atoms with Gasteiger partial charge < -0.3 is 9.05 Å². The Morgan fingerprint density at radius 2 is 0.794 bits per heavy atom. The summed E-state index contributed by atoms with van der Waals surface area (Å²) in [5, 5.41) is 0. The van der Waals surface area contributed by atoms with E-state index in [1.807, 2.05) is 0 Å². The van der Waals surface area contributed by atoms with Gasteiger partial charge in [0.25, 0.3) is 8.38 Å². The maximum atomic E-state index is 6.64. The third-order valence-electron chi connectivity index (χ3n) is 6.34. The SMILES string of the molecule is Cc1cc(C(C)(C)C)cc(C(C)(C)C)c1OP(C)Oc1c(C)cc(C(C)(C)C)cc1C(C)(C)C. The van der Waals surface area contributed by atoms with Gasteiger partial charge in [0, 0.05) is 17.8 Å². The van der Waals surface area contributed by atoms with Gasteiger partial charge in [0.1, 0.15) is 11.5 Å². The number of benzene rings is 2. The second-order valence-corrected chi connectivity index (χ2v) is 15.2. The highest BCUT2D eigenvalue weighted by molar-refractivity contribution is 7.47. The van der Waals surface area contributed by atoms with Crippen molar-refractivity contribution < 1.29 is 9.05 Å². The third kappa shape index (κ3) is 6.78. The minimum atomic E-state index is -1.17. The molecule has 0 fully saturated rings. The van der Waals surface area contributed by atoms with Gasteiger partial charge in [-0.15, -0.1) is 0 Å². The molecule has 2 rings (SSSR count). The van der Waals surface area contributed by atoms with E-state index in [0.717, 1.165) is 11.5 Å². The van der Waals surface area contributed by atoms with Crippen molar-refractivity contribution in [1.82, 2.24) is 0 Å². The second kappa shape index (κ2) is 9.50. The van der Waals surface area contributed by atoms with Gasteiger partial charge in [-0.2, -0.15) is 0 Å². The molecule has 34 heavy (non-hydrogen) atoms. The van der Waals surface area contributed by atoms with Crippen LogP contribution in [-0.2, 0) is 21.7 Å². The highest BCUT2D eigenvalue weighted by atomic mass is 31.2. The van der Waals surface area contributed by atoms with Gasteiger partial charge in [-0.1, -0.05) is 107 Å². The first-order valence-electron chi connectivity index (χ1n) is 12.5. The molecule has 0 unspecified atom stereocenters. The first-order chi connectivity index (χ1) is 15.1. The monoisotopic (exact) mass is 484 g/mol. The lowest BCUT2D eigenvalue weighted by Gasteiger charge is -2.31. The van der Waals surface area contributed by atoms with Crippen LogP contribution in [0.2, 0.25) is 0 Å².